The van der Waals surface area contributed by atoms with Gasteiger partial charge >= 0.3 is 10.1 Å². The minimum Gasteiger partial charge on any atom is -0.382 e. The minimum absolute atomic E-state index is 0.0706. The second-order valence-corrected chi connectivity index (χ2v) is 5.73. The van der Waals surface area contributed by atoms with E-state index in [0.29, 0.717) is 5.02 Å². The van der Waals surface area contributed by atoms with E-state index in [0.717, 1.165) is 10.9 Å². The van der Waals surface area contributed by atoms with Crippen molar-refractivity contribution in [2.24, 2.45) is 0 Å². The van der Waals surface area contributed by atoms with Crippen LogP contribution in [0.4, 0.5) is 0 Å². The van der Waals surface area contributed by atoms with Crippen LogP contribution in [0.5, 0.6) is 5.75 Å². The van der Waals surface area contributed by atoms with Crippen LogP contribution in [-0.2, 0) is 10.1 Å². The summed E-state index contributed by atoms with van der Waals surface area (Å²) in [6.45, 7) is 1.52. The lowest BCUT2D eigenvalue weighted by atomic mass is 10.2. The molecule has 0 bridgehead atoms. The highest BCUT2D eigenvalue weighted by atomic mass is 35.5. The van der Waals surface area contributed by atoms with Gasteiger partial charge in [-0.1, -0.05) is 11.6 Å². The number of hydrogen-bond donors (Lipinski definition) is 0. The van der Waals surface area contributed by atoms with Crippen LogP contribution in [-0.4, -0.2) is 19.2 Å². The SMILES string of the molecule is CCS(=O)(=O)Oc1ccc2ncc(Cl)cc2c1. The van der Waals surface area contributed by atoms with Gasteiger partial charge < -0.3 is 4.18 Å². The highest BCUT2D eigenvalue weighted by molar-refractivity contribution is 7.87. The molecule has 0 aliphatic rings. The normalized spacial score (nSPS) is 11.6. The summed E-state index contributed by atoms with van der Waals surface area (Å²) in [4.78, 5) is 4.10. The summed E-state index contributed by atoms with van der Waals surface area (Å²) in [5.41, 5.74) is 0.732. The van der Waals surface area contributed by atoms with E-state index in [4.69, 9.17) is 15.8 Å². The van der Waals surface area contributed by atoms with E-state index >= 15 is 0 Å². The van der Waals surface area contributed by atoms with Crippen molar-refractivity contribution in [3.05, 3.63) is 35.5 Å². The topological polar surface area (TPSA) is 56.3 Å². The molecule has 0 radical (unpaired) electrons. The number of nitrogens with zero attached hydrogens (tertiary/aromatic N) is 1. The van der Waals surface area contributed by atoms with Crippen molar-refractivity contribution in [3.8, 4) is 5.75 Å². The van der Waals surface area contributed by atoms with Crippen molar-refractivity contribution in [1.82, 2.24) is 4.98 Å². The highest BCUT2D eigenvalue weighted by Gasteiger charge is 2.09. The molecule has 17 heavy (non-hydrogen) atoms. The summed E-state index contributed by atoms with van der Waals surface area (Å²) in [5.74, 6) is 0.196. The van der Waals surface area contributed by atoms with Gasteiger partial charge in [-0.15, -0.1) is 0 Å². The Morgan fingerprint density at radius 3 is 2.82 bits per heavy atom. The molecule has 1 aromatic carbocycles. The van der Waals surface area contributed by atoms with Gasteiger partial charge in [-0.05, 0) is 31.2 Å². The predicted molar refractivity (Wildman–Crippen MR) is 66.8 cm³/mol. The Morgan fingerprint density at radius 1 is 1.35 bits per heavy atom. The minimum atomic E-state index is -3.50. The van der Waals surface area contributed by atoms with E-state index in [-0.39, 0.29) is 11.5 Å². The fourth-order valence-electron chi connectivity index (χ4n) is 1.34. The van der Waals surface area contributed by atoms with Crippen molar-refractivity contribution < 1.29 is 12.6 Å². The molecule has 0 saturated carbocycles. The summed E-state index contributed by atoms with van der Waals surface area (Å²) >= 11 is 5.81. The maximum atomic E-state index is 11.3. The lowest BCUT2D eigenvalue weighted by Gasteiger charge is -2.05. The Balaban J connectivity index is 2.44. The first-order valence-electron chi connectivity index (χ1n) is 4.97. The summed E-state index contributed by atoms with van der Waals surface area (Å²) < 4.78 is 27.5. The van der Waals surface area contributed by atoms with E-state index in [1.54, 1.807) is 24.3 Å². The number of benzene rings is 1. The molecule has 6 heteroatoms. The third-order valence-electron chi connectivity index (χ3n) is 2.20. The molecule has 0 fully saturated rings. The summed E-state index contributed by atoms with van der Waals surface area (Å²) in [7, 11) is -3.50. The van der Waals surface area contributed by atoms with Gasteiger partial charge in [0.2, 0.25) is 0 Å². The van der Waals surface area contributed by atoms with Crippen LogP contribution < -0.4 is 4.18 Å². The second kappa shape index (κ2) is 4.50. The molecule has 0 aliphatic heterocycles. The van der Waals surface area contributed by atoms with E-state index in [2.05, 4.69) is 4.98 Å². The Kier molecular flexibility index (Phi) is 3.22. The molecule has 1 heterocycles. The van der Waals surface area contributed by atoms with Crippen LogP contribution in [0.15, 0.2) is 30.5 Å². The van der Waals surface area contributed by atoms with Crippen LogP contribution in [0, 0.1) is 0 Å². The maximum Gasteiger partial charge on any atom is 0.308 e. The van der Waals surface area contributed by atoms with E-state index in [1.165, 1.54) is 13.1 Å². The molecule has 0 atom stereocenters. The maximum absolute atomic E-state index is 11.3. The molecule has 0 N–H and O–H groups in total. The number of pyridine rings is 1. The van der Waals surface area contributed by atoms with Gasteiger partial charge in [0.05, 0.1) is 16.3 Å². The van der Waals surface area contributed by atoms with Crippen molar-refractivity contribution in [2.75, 3.05) is 5.75 Å². The van der Waals surface area contributed by atoms with Gasteiger partial charge in [0, 0.05) is 11.6 Å². The molecule has 90 valence electrons. The quantitative estimate of drug-likeness (QED) is 0.805. The van der Waals surface area contributed by atoms with Crippen LogP contribution >= 0.6 is 11.6 Å². The first kappa shape index (κ1) is 12.1. The van der Waals surface area contributed by atoms with Crippen LogP contribution in [0.3, 0.4) is 0 Å². The zero-order valence-corrected chi connectivity index (χ0v) is 10.6. The fraction of sp³-hybridized carbons (Fsp3) is 0.182. The highest BCUT2D eigenvalue weighted by Crippen LogP contribution is 2.23. The fourth-order valence-corrected chi connectivity index (χ4v) is 2.02. The average molecular weight is 272 g/mol. The van der Waals surface area contributed by atoms with Crippen molar-refractivity contribution in [1.29, 1.82) is 0 Å². The van der Waals surface area contributed by atoms with Gasteiger partial charge in [-0.3, -0.25) is 4.98 Å². The summed E-state index contributed by atoms with van der Waals surface area (Å²) in [5, 5.41) is 1.23. The Morgan fingerprint density at radius 2 is 2.12 bits per heavy atom. The Bertz CT molecular complexity index is 655. The summed E-state index contributed by atoms with van der Waals surface area (Å²) in [6, 6.07) is 6.55. The molecule has 2 rings (SSSR count). The largest absolute Gasteiger partial charge is 0.382 e. The molecule has 1 aromatic heterocycles. The van der Waals surface area contributed by atoms with Gasteiger partial charge in [0.15, 0.2) is 0 Å². The van der Waals surface area contributed by atoms with E-state index in [9.17, 15) is 8.42 Å². The smallest absolute Gasteiger partial charge is 0.308 e. The second-order valence-electron chi connectivity index (χ2n) is 3.44. The Labute approximate surface area is 104 Å². The standard InChI is InChI=1S/C11H10ClNO3S/c1-2-17(14,15)16-10-3-4-11-8(6-10)5-9(12)7-13-11/h3-7H,2H2,1H3. The first-order chi connectivity index (χ1) is 8.00. The molecule has 4 nitrogen and oxygen atoms in total. The lowest BCUT2D eigenvalue weighted by molar-refractivity contribution is 0.488. The molecular formula is C11H10ClNO3S. The predicted octanol–water partition coefficient (Wildman–Crippen LogP) is 2.62. The molecule has 0 saturated heterocycles. The number of halogens is 1. The van der Waals surface area contributed by atoms with Crippen LogP contribution in [0.1, 0.15) is 6.92 Å². The summed E-state index contributed by atoms with van der Waals surface area (Å²) in [6.07, 6.45) is 1.53. The molecule has 0 aliphatic carbocycles. The Hall–Kier alpha value is -1.33. The van der Waals surface area contributed by atoms with E-state index < -0.39 is 10.1 Å². The monoisotopic (exact) mass is 271 g/mol. The average Bonchev–Trinajstić information content (AvgIpc) is 2.28. The third-order valence-corrected chi connectivity index (χ3v) is 3.56. The van der Waals surface area contributed by atoms with Gasteiger partial charge in [0.25, 0.3) is 0 Å². The van der Waals surface area contributed by atoms with E-state index in [1.807, 2.05) is 0 Å². The van der Waals surface area contributed by atoms with Crippen molar-refractivity contribution in [2.45, 2.75) is 6.92 Å². The van der Waals surface area contributed by atoms with Gasteiger partial charge in [0.1, 0.15) is 5.75 Å². The molecule has 0 unspecified atom stereocenters. The molecule has 0 spiro atoms. The van der Waals surface area contributed by atoms with Gasteiger partial charge in [-0.2, -0.15) is 8.42 Å². The number of hydrogen-bond acceptors (Lipinski definition) is 4. The molecule has 2 aromatic rings. The number of aromatic nitrogens is 1. The number of rotatable bonds is 3. The lowest BCUT2D eigenvalue weighted by Crippen LogP contribution is -2.11. The van der Waals surface area contributed by atoms with Crippen LogP contribution in [0.25, 0.3) is 10.9 Å². The molecular weight excluding hydrogens is 262 g/mol. The zero-order chi connectivity index (χ0) is 12.5. The first-order valence-corrected chi connectivity index (χ1v) is 6.93. The molecule has 0 amide bonds. The number of fused-ring (bicyclic) bond motifs is 1. The van der Waals surface area contributed by atoms with Crippen molar-refractivity contribution >= 4 is 32.6 Å². The van der Waals surface area contributed by atoms with Gasteiger partial charge in [-0.25, -0.2) is 0 Å². The van der Waals surface area contributed by atoms with Crippen LogP contribution in [0.2, 0.25) is 5.02 Å². The third kappa shape index (κ3) is 2.87. The zero-order valence-electron chi connectivity index (χ0n) is 9.05. The van der Waals surface area contributed by atoms with Crippen molar-refractivity contribution in [3.63, 3.8) is 0 Å².